The third kappa shape index (κ3) is 5.54. The van der Waals surface area contributed by atoms with Gasteiger partial charge in [0.2, 0.25) is 11.8 Å². The van der Waals surface area contributed by atoms with Crippen molar-refractivity contribution < 1.29 is 14.1 Å². The number of amides is 2. The summed E-state index contributed by atoms with van der Waals surface area (Å²) in [6.45, 7) is 5.30. The summed E-state index contributed by atoms with van der Waals surface area (Å²) in [6.07, 6.45) is 1.92. The second-order valence-electron chi connectivity index (χ2n) is 5.94. The number of aromatic nitrogens is 1. The predicted octanol–water partition coefficient (Wildman–Crippen LogP) is 1.24. The molecule has 0 saturated carbocycles. The smallest absolute Gasteiger partial charge is 0.235 e. The maximum Gasteiger partial charge on any atom is 0.235 e. The standard InChI is InChI=1S/C15H24N4O3S/c1-10-7-13(18-22-10)17-14(20)8-23-9-15(21)19-5-3-12(4-6-19)11(2)16/h7,11-12H,3-6,8-9,16H2,1-2H3,(H,17,18,20). The summed E-state index contributed by atoms with van der Waals surface area (Å²) >= 11 is 1.31. The molecule has 1 aliphatic rings. The molecule has 1 atom stereocenters. The molecule has 0 spiro atoms. The molecule has 1 unspecified atom stereocenters. The highest BCUT2D eigenvalue weighted by atomic mass is 32.2. The second-order valence-corrected chi connectivity index (χ2v) is 6.93. The van der Waals surface area contributed by atoms with Crippen LogP contribution >= 0.6 is 11.8 Å². The van der Waals surface area contributed by atoms with Crippen molar-refractivity contribution in [3.63, 3.8) is 0 Å². The van der Waals surface area contributed by atoms with E-state index in [2.05, 4.69) is 10.5 Å². The lowest BCUT2D eigenvalue weighted by molar-refractivity contribution is -0.129. The Labute approximate surface area is 140 Å². The van der Waals surface area contributed by atoms with E-state index in [0.29, 0.717) is 23.2 Å². The lowest BCUT2D eigenvalue weighted by Gasteiger charge is -2.33. The fourth-order valence-corrected chi connectivity index (χ4v) is 3.32. The molecule has 2 heterocycles. The van der Waals surface area contributed by atoms with Crippen LogP contribution in [-0.2, 0) is 9.59 Å². The molecule has 1 fully saturated rings. The first-order chi connectivity index (χ1) is 11.0. The molecule has 1 aromatic rings. The predicted molar refractivity (Wildman–Crippen MR) is 90.1 cm³/mol. The number of hydrogen-bond acceptors (Lipinski definition) is 6. The van der Waals surface area contributed by atoms with Gasteiger partial charge in [0.1, 0.15) is 5.76 Å². The van der Waals surface area contributed by atoms with E-state index in [4.69, 9.17) is 10.3 Å². The van der Waals surface area contributed by atoms with Crippen LogP contribution in [0, 0.1) is 12.8 Å². The molecule has 8 heteroatoms. The van der Waals surface area contributed by atoms with Gasteiger partial charge in [0.05, 0.1) is 11.5 Å². The molecule has 0 aromatic carbocycles. The zero-order valence-electron chi connectivity index (χ0n) is 13.6. The third-order valence-corrected chi connectivity index (χ3v) is 4.91. The molecule has 1 aliphatic heterocycles. The molecular formula is C15H24N4O3S. The van der Waals surface area contributed by atoms with Crippen molar-refractivity contribution >= 4 is 29.4 Å². The number of hydrogen-bond donors (Lipinski definition) is 2. The Morgan fingerprint density at radius 3 is 2.74 bits per heavy atom. The third-order valence-electron chi connectivity index (χ3n) is 3.99. The number of carbonyl (C=O) groups is 2. The minimum absolute atomic E-state index is 0.0863. The molecule has 2 rings (SSSR count). The molecule has 128 valence electrons. The van der Waals surface area contributed by atoms with E-state index >= 15 is 0 Å². The summed E-state index contributed by atoms with van der Waals surface area (Å²) in [5, 5.41) is 6.32. The number of nitrogens with one attached hydrogen (secondary N) is 1. The van der Waals surface area contributed by atoms with E-state index in [1.807, 2.05) is 11.8 Å². The number of thioether (sulfide) groups is 1. The summed E-state index contributed by atoms with van der Waals surface area (Å²) in [7, 11) is 0. The molecule has 3 N–H and O–H groups in total. The Kier molecular flexibility index (Phi) is 6.47. The first kappa shape index (κ1) is 17.8. The quantitative estimate of drug-likeness (QED) is 0.808. The van der Waals surface area contributed by atoms with Gasteiger partial charge in [-0.05, 0) is 32.6 Å². The number of carbonyl (C=O) groups excluding carboxylic acids is 2. The number of rotatable bonds is 6. The summed E-state index contributed by atoms with van der Waals surface area (Å²) in [5.74, 6) is 1.97. The molecule has 0 radical (unpaired) electrons. The summed E-state index contributed by atoms with van der Waals surface area (Å²) in [4.78, 5) is 25.7. The zero-order chi connectivity index (χ0) is 16.8. The van der Waals surface area contributed by atoms with E-state index in [-0.39, 0.29) is 23.6 Å². The SMILES string of the molecule is Cc1cc(NC(=O)CSCC(=O)N2CCC(C(C)N)CC2)no1. The lowest BCUT2D eigenvalue weighted by atomic mass is 9.91. The number of anilines is 1. The molecule has 0 aliphatic carbocycles. The van der Waals surface area contributed by atoms with Crippen molar-refractivity contribution in [2.75, 3.05) is 29.9 Å². The number of nitrogens with two attached hydrogens (primary N) is 1. The number of nitrogens with zero attached hydrogens (tertiary/aromatic N) is 2. The van der Waals surface area contributed by atoms with Gasteiger partial charge in [-0.3, -0.25) is 9.59 Å². The van der Waals surface area contributed by atoms with Crippen molar-refractivity contribution in [2.45, 2.75) is 32.7 Å². The number of piperidine rings is 1. The number of aryl methyl sites for hydroxylation is 1. The van der Waals surface area contributed by atoms with Gasteiger partial charge in [-0.15, -0.1) is 11.8 Å². The summed E-state index contributed by atoms with van der Waals surface area (Å²) in [6, 6.07) is 1.83. The monoisotopic (exact) mass is 340 g/mol. The van der Waals surface area contributed by atoms with Crippen molar-refractivity contribution in [3.05, 3.63) is 11.8 Å². The van der Waals surface area contributed by atoms with Crippen molar-refractivity contribution in [3.8, 4) is 0 Å². The molecule has 7 nitrogen and oxygen atoms in total. The first-order valence-corrected chi connectivity index (χ1v) is 8.95. The van der Waals surface area contributed by atoms with Crippen molar-refractivity contribution in [1.82, 2.24) is 10.1 Å². The van der Waals surface area contributed by atoms with Crippen LogP contribution in [0.15, 0.2) is 10.6 Å². The summed E-state index contributed by atoms with van der Waals surface area (Å²) in [5.41, 5.74) is 5.90. The van der Waals surface area contributed by atoms with Crippen LogP contribution in [0.1, 0.15) is 25.5 Å². The summed E-state index contributed by atoms with van der Waals surface area (Å²) < 4.78 is 4.87. The largest absolute Gasteiger partial charge is 0.360 e. The Balaban J connectivity index is 1.64. The lowest BCUT2D eigenvalue weighted by Crippen LogP contribution is -2.43. The average Bonchev–Trinajstić information content (AvgIpc) is 2.92. The molecule has 1 aromatic heterocycles. The minimum Gasteiger partial charge on any atom is -0.360 e. The topological polar surface area (TPSA) is 101 Å². The van der Waals surface area contributed by atoms with E-state index in [9.17, 15) is 9.59 Å². The van der Waals surface area contributed by atoms with Crippen LogP contribution in [0.2, 0.25) is 0 Å². The highest BCUT2D eigenvalue weighted by molar-refractivity contribution is 8.00. The average molecular weight is 340 g/mol. The van der Waals surface area contributed by atoms with Crippen LogP contribution < -0.4 is 11.1 Å². The van der Waals surface area contributed by atoms with Gasteiger partial charge in [0.25, 0.3) is 0 Å². The minimum atomic E-state index is -0.188. The van der Waals surface area contributed by atoms with Gasteiger partial charge < -0.3 is 20.5 Å². The van der Waals surface area contributed by atoms with Crippen LogP contribution in [0.4, 0.5) is 5.82 Å². The van der Waals surface area contributed by atoms with Crippen LogP contribution in [0.3, 0.4) is 0 Å². The van der Waals surface area contributed by atoms with Crippen LogP contribution in [-0.4, -0.2) is 52.5 Å². The van der Waals surface area contributed by atoms with Gasteiger partial charge >= 0.3 is 0 Å². The van der Waals surface area contributed by atoms with E-state index in [1.54, 1.807) is 13.0 Å². The second kappa shape index (κ2) is 8.35. The van der Waals surface area contributed by atoms with Crippen molar-refractivity contribution in [2.24, 2.45) is 11.7 Å². The van der Waals surface area contributed by atoms with Gasteiger partial charge in [-0.2, -0.15) is 0 Å². The Morgan fingerprint density at radius 1 is 1.48 bits per heavy atom. The van der Waals surface area contributed by atoms with Crippen molar-refractivity contribution in [1.29, 1.82) is 0 Å². The normalized spacial score (nSPS) is 17.1. The van der Waals surface area contributed by atoms with Gasteiger partial charge in [0, 0.05) is 25.2 Å². The Bertz CT molecular complexity index is 539. The highest BCUT2D eigenvalue weighted by Gasteiger charge is 2.24. The Hall–Kier alpha value is -1.54. The maximum atomic E-state index is 12.1. The van der Waals surface area contributed by atoms with E-state index in [1.165, 1.54) is 11.8 Å². The van der Waals surface area contributed by atoms with E-state index in [0.717, 1.165) is 25.9 Å². The van der Waals surface area contributed by atoms with E-state index < -0.39 is 0 Å². The molecule has 2 amide bonds. The fraction of sp³-hybridized carbons (Fsp3) is 0.667. The fourth-order valence-electron chi connectivity index (χ4n) is 2.60. The van der Waals surface area contributed by atoms with Crippen LogP contribution in [0.5, 0.6) is 0 Å². The maximum absolute atomic E-state index is 12.1. The van der Waals surface area contributed by atoms with Gasteiger partial charge in [0.15, 0.2) is 5.82 Å². The van der Waals surface area contributed by atoms with Gasteiger partial charge in [-0.1, -0.05) is 5.16 Å². The molecule has 0 bridgehead atoms. The molecule has 23 heavy (non-hydrogen) atoms. The zero-order valence-corrected chi connectivity index (χ0v) is 14.4. The molecule has 1 saturated heterocycles. The molecular weight excluding hydrogens is 316 g/mol. The highest BCUT2D eigenvalue weighted by Crippen LogP contribution is 2.20. The van der Waals surface area contributed by atoms with Crippen LogP contribution in [0.25, 0.3) is 0 Å². The Morgan fingerprint density at radius 2 is 2.17 bits per heavy atom. The first-order valence-electron chi connectivity index (χ1n) is 7.80. The van der Waals surface area contributed by atoms with Gasteiger partial charge in [-0.25, -0.2) is 0 Å². The number of likely N-dealkylation sites (tertiary alicyclic amines) is 1.